The summed E-state index contributed by atoms with van der Waals surface area (Å²) in [6, 6.07) is 3.60. The Morgan fingerprint density at radius 2 is 2.25 bits per heavy atom. The molecule has 2 heterocycles. The summed E-state index contributed by atoms with van der Waals surface area (Å²) in [7, 11) is 0. The van der Waals surface area contributed by atoms with Gasteiger partial charge in [0.2, 0.25) is 0 Å². The molecule has 0 saturated heterocycles. The van der Waals surface area contributed by atoms with Gasteiger partial charge in [-0.25, -0.2) is 4.63 Å². The van der Waals surface area contributed by atoms with E-state index >= 15 is 0 Å². The maximum absolute atomic E-state index is 5.73. The second-order valence-corrected chi connectivity index (χ2v) is 3.82. The number of rotatable bonds is 1. The van der Waals surface area contributed by atoms with Gasteiger partial charge in [-0.2, -0.15) is 0 Å². The van der Waals surface area contributed by atoms with E-state index in [2.05, 4.69) is 14.9 Å². The molecule has 0 aromatic carbocycles. The van der Waals surface area contributed by atoms with E-state index in [1.807, 2.05) is 6.07 Å². The molecule has 0 amide bonds. The van der Waals surface area contributed by atoms with Crippen LogP contribution in [0, 0.1) is 0 Å². The van der Waals surface area contributed by atoms with Crippen molar-refractivity contribution >= 4 is 28.8 Å². The van der Waals surface area contributed by atoms with Gasteiger partial charge in [-0.1, -0.05) is 11.6 Å². The van der Waals surface area contributed by atoms with Gasteiger partial charge in [-0.3, -0.25) is 0 Å². The van der Waals surface area contributed by atoms with Crippen LogP contribution in [0.4, 0.5) is 5.82 Å². The van der Waals surface area contributed by atoms with Crippen molar-refractivity contribution < 1.29 is 4.63 Å². The van der Waals surface area contributed by atoms with Gasteiger partial charge in [-0.15, -0.1) is 11.3 Å². The fourth-order valence-electron chi connectivity index (χ4n) is 0.808. The van der Waals surface area contributed by atoms with E-state index < -0.39 is 0 Å². The van der Waals surface area contributed by atoms with Crippen LogP contribution in [0.1, 0.15) is 0 Å². The lowest BCUT2D eigenvalue weighted by molar-refractivity contribution is 0.310. The zero-order valence-corrected chi connectivity index (χ0v) is 7.39. The Bertz CT molecular complexity index is 397. The van der Waals surface area contributed by atoms with Crippen LogP contribution in [0.2, 0.25) is 4.34 Å². The van der Waals surface area contributed by atoms with Gasteiger partial charge in [0, 0.05) is 0 Å². The Morgan fingerprint density at radius 3 is 2.75 bits per heavy atom. The summed E-state index contributed by atoms with van der Waals surface area (Å²) in [5.41, 5.74) is 6.03. The summed E-state index contributed by atoms with van der Waals surface area (Å²) in [6.45, 7) is 0. The molecule has 0 atom stereocenters. The molecule has 0 aliphatic heterocycles. The molecule has 0 fully saturated rings. The normalized spacial score (nSPS) is 10.4. The number of hydrogen-bond acceptors (Lipinski definition) is 5. The van der Waals surface area contributed by atoms with E-state index in [1.54, 1.807) is 6.07 Å². The van der Waals surface area contributed by atoms with Crippen LogP contribution in [-0.2, 0) is 0 Å². The second-order valence-electron chi connectivity index (χ2n) is 2.10. The number of anilines is 1. The van der Waals surface area contributed by atoms with Crippen molar-refractivity contribution in [3.05, 3.63) is 16.5 Å². The first-order chi connectivity index (χ1) is 5.77. The van der Waals surface area contributed by atoms with E-state index in [0.717, 1.165) is 4.88 Å². The second kappa shape index (κ2) is 2.76. The standard InChI is InChI=1S/C6H4ClN3OS/c7-4-2-1-3(12-4)5-6(8)10-11-9-5/h1-2H,(H2,8,10). The topological polar surface area (TPSA) is 64.9 Å². The highest BCUT2D eigenvalue weighted by Gasteiger charge is 2.10. The number of thiophene rings is 1. The third-order valence-electron chi connectivity index (χ3n) is 1.32. The molecule has 62 valence electrons. The van der Waals surface area contributed by atoms with Crippen molar-refractivity contribution in [3.8, 4) is 10.6 Å². The average Bonchev–Trinajstić information content (AvgIpc) is 2.58. The zero-order valence-electron chi connectivity index (χ0n) is 5.82. The lowest BCUT2D eigenvalue weighted by atomic mass is 10.3. The van der Waals surface area contributed by atoms with Crippen LogP contribution in [0.15, 0.2) is 16.8 Å². The summed E-state index contributed by atoms with van der Waals surface area (Å²) in [6.07, 6.45) is 0. The molecule has 4 nitrogen and oxygen atoms in total. The van der Waals surface area contributed by atoms with Gasteiger partial charge < -0.3 is 5.73 Å². The molecule has 0 bridgehead atoms. The minimum atomic E-state index is 0.286. The van der Waals surface area contributed by atoms with Crippen molar-refractivity contribution in [1.82, 2.24) is 10.3 Å². The largest absolute Gasteiger partial charge is 0.379 e. The van der Waals surface area contributed by atoms with Gasteiger partial charge in [-0.05, 0) is 22.4 Å². The van der Waals surface area contributed by atoms with Gasteiger partial charge in [0.25, 0.3) is 0 Å². The molecule has 0 aliphatic carbocycles. The SMILES string of the molecule is Nc1nonc1-c1ccc(Cl)s1. The lowest BCUT2D eigenvalue weighted by Crippen LogP contribution is -1.85. The van der Waals surface area contributed by atoms with Crippen LogP contribution in [0.5, 0.6) is 0 Å². The minimum absolute atomic E-state index is 0.286. The first kappa shape index (κ1) is 7.57. The summed E-state index contributed by atoms with van der Waals surface area (Å²) < 4.78 is 5.13. The number of nitrogens with two attached hydrogens (primary N) is 1. The zero-order chi connectivity index (χ0) is 8.55. The van der Waals surface area contributed by atoms with Crippen LogP contribution in [-0.4, -0.2) is 10.3 Å². The minimum Gasteiger partial charge on any atom is -0.379 e. The number of aromatic nitrogens is 2. The highest BCUT2D eigenvalue weighted by Crippen LogP contribution is 2.31. The Morgan fingerprint density at radius 1 is 1.42 bits per heavy atom. The van der Waals surface area contributed by atoms with Crippen molar-refractivity contribution in [3.63, 3.8) is 0 Å². The number of halogens is 1. The molecule has 0 radical (unpaired) electrons. The van der Waals surface area contributed by atoms with Crippen LogP contribution in [0.25, 0.3) is 10.6 Å². The Kier molecular flexibility index (Phi) is 1.74. The van der Waals surface area contributed by atoms with Crippen LogP contribution < -0.4 is 5.73 Å². The molecule has 12 heavy (non-hydrogen) atoms. The third kappa shape index (κ3) is 1.17. The fraction of sp³-hybridized carbons (Fsp3) is 0. The number of nitrogens with zero attached hydrogens (tertiary/aromatic N) is 2. The molecular formula is C6H4ClN3OS. The third-order valence-corrected chi connectivity index (χ3v) is 2.56. The maximum atomic E-state index is 5.73. The van der Waals surface area contributed by atoms with Crippen molar-refractivity contribution in [2.24, 2.45) is 0 Å². The average molecular weight is 202 g/mol. The molecule has 2 aromatic rings. The monoisotopic (exact) mass is 201 g/mol. The highest BCUT2D eigenvalue weighted by molar-refractivity contribution is 7.19. The highest BCUT2D eigenvalue weighted by atomic mass is 35.5. The Balaban J connectivity index is 2.50. The predicted octanol–water partition coefficient (Wildman–Crippen LogP) is 2.03. The Hall–Kier alpha value is -1.07. The quantitative estimate of drug-likeness (QED) is 0.767. The smallest absolute Gasteiger partial charge is 0.197 e. The molecule has 2 rings (SSSR count). The van der Waals surface area contributed by atoms with Crippen LogP contribution >= 0.6 is 22.9 Å². The number of nitrogen functional groups attached to an aromatic ring is 1. The summed E-state index contributed by atoms with van der Waals surface area (Å²) in [5.74, 6) is 0.286. The van der Waals surface area contributed by atoms with E-state index in [-0.39, 0.29) is 5.82 Å². The van der Waals surface area contributed by atoms with Gasteiger partial charge >= 0.3 is 0 Å². The summed E-state index contributed by atoms with van der Waals surface area (Å²) in [4.78, 5) is 0.860. The van der Waals surface area contributed by atoms with Crippen molar-refractivity contribution in [2.45, 2.75) is 0 Å². The Labute approximate surface area is 76.9 Å². The lowest BCUT2D eigenvalue weighted by Gasteiger charge is -1.85. The molecular weight excluding hydrogens is 198 g/mol. The molecule has 2 N–H and O–H groups in total. The molecule has 2 aromatic heterocycles. The van der Waals surface area contributed by atoms with E-state index in [9.17, 15) is 0 Å². The van der Waals surface area contributed by atoms with Gasteiger partial charge in [0.15, 0.2) is 11.5 Å². The number of hydrogen-bond donors (Lipinski definition) is 1. The summed E-state index contributed by atoms with van der Waals surface area (Å²) in [5, 5.41) is 7.10. The molecule has 6 heteroatoms. The van der Waals surface area contributed by atoms with Crippen molar-refractivity contribution in [2.75, 3.05) is 5.73 Å². The van der Waals surface area contributed by atoms with Gasteiger partial charge in [0.05, 0.1) is 9.21 Å². The molecule has 0 aliphatic rings. The molecule has 0 spiro atoms. The van der Waals surface area contributed by atoms with E-state index in [0.29, 0.717) is 10.0 Å². The first-order valence-corrected chi connectivity index (χ1v) is 4.30. The van der Waals surface area contributed by atoms with E-state index in [1.165, 1.54) is 11.3 Å². The fourth-order valence-corrected chi connectivity index (χ4v) is 1.84. The van der Waals surface area contributed by atoms with E-state index in [4.69, 9.17) is 17.3 Å². The first-order valence-electron chi connectivity index (χ1n) is 3.11. The molecule has 0 saturated carbocycles. The predicted molar refractivity (Wildman–Crippen MR) is 47.0 cm³/mol. The van der Waals surface area contributed by atoms with Crippen molar-refractivity contribution in [1.29, 1.82) is 0 Å². The van der Waals surface area contributed by atoms with Crippen LogP contribution in [0.3, 0.4) is 0 Å². The maximum Gasteiger partial charge on any atom is 0.197 e. The van der Waals surface area contributed by atoms with Gasteiger partial charge in [0.1, 0.15) is 0 Å². The summed E-state index contributed by atoms with van der Waals surface area (Å²) >= 11 is 7.11. The molecule has 0 unspecified atom stereocenters.